The van der Waals surface area contributed by atoms with Crippen molar-refractivity contribution >= 4 is 5.78 Å². The van der Waals surface area contributed by atoms with Gasteiger partial charge < -0.3 is 5.11 Å². The van der Waals surface area contributed by atoms with E-state index in [1.165, 1.54) is 12.8 Å². The molecule has 0 amide bonds. The van der Waals surface area contributed by atoms with Gasteiger partial charge in [0.25, 0.3) is 0 Å². The molecule has 0 aromatic heterocycles. The Balaban J connectivity index is 2.27. The van der Waals surface area contributed by atoms with Gasteiger partial charge in [0, 0.05) is 18.8 Å². The fourth-order valence-corrected chi connectivity index (χ4v) is 2.05. The van der Waals surface area contributed by atoms with Crippen LogP contribution in [-0.4, -0.2) is 10.9 Å². The van der Waals surface area contributed by atoms with Crippen LogP contribution in [0.1, 0.15) is 45.4 Å². The van der Waals surface area contributed by atoms with E-state index in [0.29, 0.717) is 18.6 Å². The molecule has 1 aliphatic rings. The highest BCUT2D eigenvalue weighted by atomic mass is 16.3. The summed E-state index contributed by atoms with van der Waals surface area (Å²) in [5.74, 6) is 1.48. The largest absolute Gasteiger partial charge is 0.513 e. The molecule has 0 radical (unpaired) electrons. The molecule has 0 atom stereocenters. The third-order valence-corrected chi connectivity index (χ3v) is 3.13. The summed E-state index contributed by atoms with van der Waals surface area (Å²) in [4.78, 5) is 11.7. The van der Waals surface area contributed by atoms with Gasteiger partial charge in [-0.1, -0.05) is 26.3 Å². The normalized spacial score (nSPS) is 27.2. The Morgan fingerprint density at radius 1 is 1.29 bits per heavy atom. The molecule has 0 bridgehead atoms. The SMILES string of the molecule is C=C(O)CCC(=O)C1CCC(C)CC1. The Hall–Kier alpha value is -0.790. The van der Waals surface area contributed by atoms with Crippen LogP contribution in [-0.2, 0) is 4.79 Å². The number of aliphatic hydroxyl groups excluding tert-OH is 1. The van der Waals surface area contributed by atoms with Crippen molar-refractivity contribution in [2.75, 3.05) is 0 Å². The first-order chi connectivity index (χ1) is 6.59. The minimum absolute atomic E-state index is 0.127. The predicted octanol–water partition coefficient (Wildman–Crippen LogP) is 3.23. The van der Waals surface area contributed by atoms with Gasteiger partial charge in [-0.2, -0.15) is 0 Å². The topological polar surface area (TPSA) is 37.3 Å². The molecule has 2 heteroatoms. The van der Waals surface area contributed by atoms with Crippen LogP contribution in [0.5, 0.6) is 0 Å². The molecule has 1 rings (SSSR count). The summed E-state index contributed by atoms with van der Waals surface area (Å²) in [5.41, 5.74) is 0. The van der Waals surface area contributed by atoms with Crippen molar-refractivity contribution in [3.8, 4) is 0 Å². The molecule has 0 saturated heterocycles. The van der Waals surface area contributed by atoms with E-state index in [4.69, 9.17) is 5.11 Å². The van der Waals surface area contributed by atoms with Crippen LogP contribution in [0.4, 0.5) is 0 Å². The number of Topliss-reactive ketones (excluding diaryl/α,β-unsaturated/α-hetero) is 1. The van der Waals surface area contributed by atoms with E-state index in [1.54, 1.807) is 0 Å². The van der Waals surface area contributed by atoms with Crippen molar-refractivity contribution in [1.82, 2.24) is 0 Å². The summed E-state index contributed by atoms with van der Waals surface area (Å²) >= 11 is 0. The standard InChI is InChI=1S/C12H20O2/c1-9-3-6-11(7-4-9)12(14)8-5-10(2)13/h9,11,13H,2-8H2,1H3. The van der Waals surface area contributed by atoms with E-state index in [2.05, 4.69) is 13.5 Å². The Bertz CT molecular complexity index is 212. The summed E-state index contributed by atoms with van der Waals surface area (Å²) in [6.45, 7) is 5.63. The molecule has 0 aromatic rings. The second-order valence-electron chi connectivity index (χ2n) is 4.49. The third-order valence-electron chi connectivity index (χ3n) is 3.13. The highest BCUT2D eigenvalue weighted by molar-refractivity contribution is 5.81. The maximum Gasteiger partial charge on any atom is 0.136 e. The van der Waals surface area contributed by atoms with Crippen molar-refractivity contribution in [2.45, 2.75) is 45.4 Å². The molecule has 0 aliphatic heterocycles. The molecule has 0 heterocycles. The summed E-state index contributed by atoms with van der Waals surface area (Å²) in [7, 11) is 0. The van der Waals surface area contributed by atoms with E-state index in [0.717, 1.165) is 18.8 Å². The molecule has 14 heavy (non-hydrogen) atoms. The zero-order valence-corrected chi connectivity index (χ0v) is 8.96. The molecule has 1 N–H and O–H groups in total. The maximum absolute atomic E-state index is 11.7. The van der Waals surface area contributed by atoms with Crippen LogP contribution in [0.2, 0.25) is 0 Å². The van der Waals surface area contributed by atoms with Gasteiger partial charge in [0.15, 0.2) is 0 Å². The van der Waals surface area contributed by atoms with Crippen molar-refractivity contribution in [3.63, 3.8) is 0 Å². The molecule has 0 unspecified atom stereocenters. The average Bonchev–Trinajstić information content (AvgIpc) is 2.15. The Kier molecular flexibility index (Phi) is 4.18. The summed E-state index contributed by atoms with van der Waals surface area (Å²) < 4.78 is 0. The number of ketones is 1. The van der Waals surface area contributed by atoms with Gasteiger partial charge >= 0.3 is 0 Å². The van der Waals surface area contributed by atoms with Crippen molar-refractivity contribution in [2.24, 2.45) is 11.8 Å². The van der Waals surface area contributed by atoms with Crippen LogP contribution in [0, 0.1) is 11.8 Å². The first-order valence-corrected chi connectivity index (χ1v) is 5.49. The minimum atomic E-state index is 0.127. The van der Waals surface area contributed by atoms with E-state index in [-0.39, 0.29) is 11.7 Å². The first kappa shape index (κ1) is 11.3. The summed E-state index contributed by atoms with van der Waals surface area (Å²) in [5, 5.41) is 8.90. The molecule has 1 fully saturated rings. The fourth-order valence-electron chi connectivity index (χ4n) is 2.05. The van der Waals surface area contributed by atoms with Crippen LogP contribution in [0.25, 0.3) is 0 Å². The van der Waals surface area contributed by atoms with Gasteiger partial charge in [-0.15, -0.1) is 0 Å². The second kappa shape index (κ2) is 5.18. The fraction of sp³-hybridized carbons (Fsp3) is 0.750. The van der Waals surface area contributed by atoms with E-state index < -0.39 is 0 Å². The van der Waals surface area contributed by atoms with Crippen molar-refractivity contribution < 1.29 is 9.90 Å². The number of carbonyl (C=O) groups excluding carboxylic acids is 1. The van der Waals surface area contributed by atoms with Gasteiger partial charge in [0.1, 0.15) is 5.78 Å². The van der Waals surface area contributed by atoms with Gasteiger partial charge in [-0.3, -0.25) is 4.79 Å². The zero-order chi connectivity index (χ0) is 10.6. The number of allylic oxidation sites excluding steroid dienone is 1. The van der Waals surface area contributed by atoms with Crippen LogP contribution < -0.4 is 0 Å². The molecule has 0 spiro atoms. The smallest absolute Gasteiger partial charge is 0.136 e. The van der Waals surface area contributed by atoms with E-state index >= 15 is 0 Å². The molecule has 0 aromatic carbocycles. The number of carbonyl (C=O) groups is 1. The number of rotatable bonds is 4. The van der Waals surface area contributed by atoms with Crippen LogP contribution in [0.15, 0.2) is 12.3 Å². The molecule has 1 aliphatic carbocycles. The highest BCUT2D eigenvalue weighted by Gasteiger charge is 2.23. The van der Waals surface area contributed by atoms with Gasteiger partial charge in [-0.25, -0.2) is 0 Å². The summed E-state index contributed by atoms with van der Waals surface area (Å²) in [6, 6.07) is 0. The first-order valence-electron chi connectivity index (χ1n) is 5.49. The highest BCUT2D eigenvalue weighted by Crippen LogP contribution is 2.29. The zero-order valence-electron chi connectivity index (χ0n) is 8.96. The number of hydrogen-bond acceptors (Lipinski definition) is 2. The Morgan fingerprint density at radius 3 is 2.36 bits per heavy atom. The monoisotopic (exact) mass is 196 g/mol. The van der Waals surface area contributed by atoms with Crippen molar-refractivity contribution in [3.05, 3.63) is 12.3 Å². The van der Waals surface area contributed by atoms with Crippen LogP contribution >= 0.6 is 0 Å². The van der Waals surface area contributed by atoms with Gasteiger partial charge in [-0.05, 0) is 18.8 Å². The Morgan fingerprint density at radius 2 is 1.86 bits per heavy atom. The van der Waals surface area contributed by atoms with Crippen molar-refractivity contribution in [1.29, 1.82) is 0 Å². The average molecular weight is 196 g/mol. The lowest BCUT2D eigenvalue weighted by Gasteiger charge is -2.24. The van der Waals surface area contributed by atoms with E-state index in [1.807, 2.05) is 0 Å². The number of aliphatic hydroxyl groups is 1. The lowest BCUT2D eigenvalue weighted by Crippen LogP contribution is -2.20. The third kappa shape index (κ3) is 3.52. The molecular formula is C12H20O2. The molecule has 80 valence electrons. The lowest BCUT2D eigenvalue weighted by molar-refractivity contribution is -0.124. The Labute approximate surface area is 86.0 Å². The quantitative estimate of drug-likeness (QED) is 0.701. The molecular weight excluding hydrogens is 176 g/mol. The molecule has 1 saturated carbocycles. The second-order valence-corrected chi connectivity index (χ2v) is 4.49. The maximum atomic E-state index is 11.7. The van der Waals surface area contributed by atoms with Gasteiger partial charge in [0.05, 0.1) is 5.76 Å². The minimum Gasteiger partial charge on any atom is -0.513 e. The molecule has 2 nitrogen and oxygen atoms in total. The van der Waals surface area contributed by atoms with E-state index in [9.17, 15) is 4.79 Å². The number of hydrogen-bond donors (Lipinski definition) is 1. The van der Waals surface area contributed by atoms with Crippen LogP contribution in [0.3, 0.4) is 0 Å². The lowest BCUT2D eigenvalue weighted by atomic mass is 9.80. The summed E-state index contributed by atoms with van der Waals surface area (Å²) in [6.07, 6.45) is 5.34. The predicted molar refractivity (Wildman–Crippen MR) is 57.1 cm³/mol. The van der Waals surface area contributed by atoms with Gasteiger partial charge in [0.2, 0.25) is 0 Å².